The van der Waals surface area contributed by atoms with Gasteiger partial charge in [-0.25, -0.2) is 4.98 Å². The number of nitrogen functional groups attached to an aromatic ring is 1. The number of nitrogens with one attached hydrogen (secondary N) is 2. The molecular weight excluding hydrogens is 316 g/mol. The number of hydrogen-bond donors (Lipinski definition) is 3. The van der Waals surface area contributed by atoms with E-state index in [1.165, 1.54) is 0 Å². The van der Waals surface area contributed by atoms with E-state index < -0.39 is 0 Å². The molecule has 0 amide bonds. The number of aromatic nitrogens is 4. The first kappa shape index (κ1) is 14.4. The Morgan fingerprint density at radius 2 is 2.08 bits per heavy atom. The van der Waals surface area contributed by atoms with E-state index in [0.717, 1.165) is 46.5 Å². The van der Waals surface area contributed by atoms with Crippen LogP contribution in [0, 0.1) is 0 Å². The van der Waals surface area contributed by atoms with E-state index in [1.54, 1.807) is 0 Å². The Kier molecular flexibility index (Phi) is 3.22. The van der Waals surface area contributed by atoms with Gasteiger partial charge < -0.3 is 15.8 Å². The average molecular weight is 334 g/mol. The molecule has 25 heavy (non-hydrogen) atoms. The summed E-state index contributed by atoms with van der Waals surface area (Å²) in [6.45, 7) is 2.25. The second kappa shape index (κ2) is 5.58. The van der Waals surface area contributed by atoms with Gasteiger partial charge in [-0.3, -0.25) is 9.67 Å². The highest BCUT2D eigenvalue weighted by atomic mass is 16.5. The van der Waals surface area contributed by atoms with Crippen molar-refractivity contribution in [3.63, 3.8) is 0 Å². The normalized spacial score (nSPS) is 18.2. The van der Waals surface area contributed by atoms with Gasteiger partial charge in [0.15, 0.2) is 5.82 Å². The Morgan fingerprint density at radius 3 is 2.96 bits per heavy atom. The minimum absolute atomic E-state index is 0.132. The molecule has 1 fully saturated rings. The summed E-state index contributed by atoms with van der Waals surface area (Å²) in [5.74, 6) is 0.763. The first-order chi connectivity index (χ1) is 12.3. The maximum Gasteiger partial charge on any atom is 0.164 e. The standard InChI is InChI=1S/C18H18N6O/c19-11-4-3-6-13-16(11)17(23-22-13)18-21-12-5-1-2-7-14(12)24(18)15-10-20-8-9-25-15/h1-7,15,20H,8-10,19H2,(H,22,23). The quantitative estimate of drug-likeness (QED) is 0.489. The van der Waals surface area contributed by atoms with Gasteiger partial charge in [-0.15, -0.1) is 0 Å². The zero-order chi connectivity index (χ0) is 16.8. The molecule has 3 heterocycles. The summed E-state index contributed by atoms with van der Waals surface area (Å²) in [6.07, 6.45) is -0.132. The summed E-state index contributed by atoms with van der Waals surface area (Å²) in [5.41, 5.74) is 10.5. The zero-order valence-corrected chi connectivity index (χ0v) is 13.6. The number of morpholine rings is 1. The third-order valence-corrected chi connectivity index (χ3v) is 4.63. The number of ether oxygens (including phenoxy) is 1. The Balaban J connectivity index is 1.80. The van der Waals surface area contributed by atoms with Crippen molar-refractivity contribution in [2.75, 3.05) is 25.4 Å². The van der Waals surface area contributed by atoms with Gasteiger partial charge in [0.25, 0.3) is 0 Å². The summed E-state index contributed by atoms with van der Waals surface area (Å²) in [5, 5.41) is 11.8. The van der Waals surface area contributed by atoms with Gasteiger partial charge in [0.2, 0.25) is 0 Å². The van der Waals surface area contributed by atoms with Crippen LogP contribution in [0.2, 0.25) is 0 Å². The predicted octanol–water partition coefficient (Wildman–Crippen LogP) is 2.28. The monoisotopic (exact) mass is 334 g/mol. The summed E-state index contributed by atoms with van der Waals surface area (Å²) >= 11 is 0. The first-order valence-corrected chi connectivity index (χ1v) is 8.35. The lowest BCUT2D eigenvalue weighted by Crippen LogP contribution is -2.36. The zero-order valence-electron chi connectivity index (χ0n) is 13.6. The van der Waals surface area contributed by atoms with Crippen LogP contribution >= 0.6 is 0 Å². The summed E-state index contributed by atoms with van der Waals surface area (Å²) in [7, 11) is 0. The molecule has 1 atom stereocenters. The average Bonchev–Trinajstić information content (AvgIpc) is 3.24. The van der Waals surface area contributed by atoms with Crippen LogP contribution in [0.4, 0.5) is 5.69 Å². The number of benzene rings is 2. The fourth-order valence-corrected chi connectivity index (χ4v) is 3.48. The van der Waals surface area contributed by atoms with Crippen molar-refractivity contribution in [3.8, 4) is 11.5 Å². The largest absolute Gasteiger partial charge is 0.398 e. The van der Waals surface area contributed by atoms with E-state index >= 15 is 0 Å². The summed E-state index contributed by atoms with van der Waals surface area (Å²) < 4.78 is 8.12. The van der Waals surface area contributed by atoms with Gasteiger partial charge in [0.1, 0.15) is 11.9 Å². The number of hydrogen-bond acceptors (Lipinski definition) is 5. The molecule has 0 radical (unpaired) electrons. The minimum Gasteiger partial charge on any atom is -0.398 e. The van der Waals surface area contributed by atoms with Crippen LogP contribution in [-0.4, -0.2) is 39.4 Å². The van der Waals surface area contributed by atoms with Crippen molar-refractivity contribution < 1.29 is 4.74 Å². The number of H-pyrrole nitrogens is 1. The number of imidazole rings is 1. The second-order valence-corrected chi connectivity index (χ2v) is 6.17. The van der Waals surface area contributed by atoms with Gasteiger partial charge in [0.05, 0.1) is 28.5 Å². The molecule has 5 rings (SSSR count). The maximum atomic E-state index is 6.22. The van der Waals surface area contributed by atoms with Crippen molar-refractivity contribution in [1.29, 1.82) is 0 Å². The lowest BCUT2D eigenvalue weighted by atomic mass is 10.1. The molecule has 126 valence electrons. The molecule has 1 aliphatic heterocycles. The Hall–Kier alpha value is -2.90. The van der Waals surface area contributed by atoms with Gasteiger partial charge in [-0.05, 0) is 24.3 Å². The number of fused-ring (bicyclic) bond motifs is 2. The molecule has 4 aromatic rings. The molecular formula is C18H18N6O. The van der Waals surface area contributed by atoms with Crippen molar-refractivity contribution >= 4 is 27.6 Å². The topological polar surface area (TPSA) is 93.8 Å². The molecule has 1 aliphatic rings. The van der Waals surface area contributed by atoms with Crippen LogP contribution < -0.4 is 11.1 Å². The van der Waals surface area contributed by atoms with Crippen LogP contribution in [0.1, 0.15) is 6.23 Å². The van der Waals surface area contributed by atoms with E-state index in [-0.39, 0.29) is 6.23 Å². The second-order valence-electron chi connectivity index (χ2n) is 6.17. The first-order valence-electron chi connectivity index (χ1n) is 8.35. The van der Waals surface area contributed by atoms with Crippen LogP contribution in [-0.2, 0) is 4.74 Å². The van der Waals surface area contributed by atoms with E-state index in [4.69, 9.17) is 15.5 Å². The van der Waals surface area contributed by atoms with Crippen molar-refractivity contribution in [2.45, 2.75) is 6.23 Å². The molecule has 0 spiro atoms. The van der Waals surface area contributed by atoms with Gasteiger partial charge in [-0.1, -0.05) is 18.2 Å². The summed E-state index contributed by atoms with van der Waals surface area (Å²) in [4.78, 5) is 4.84. The molecule has 1 saturated heterocycles. The van der Waals surface area contributed by atoms with E-state index in [0.29, 0.717) is 12.3 Å². The number of nitrogens with two attached hydrogens (primary N) is 1. The highest BCUT2D eigenvalue weighted by molar-refractivity contribution is 6.01. The fraction of sp³-hybridized carbons (Fsp3) is 0.222. The Morgan fingerprint density at radius 1 is 1.16 bits per heavy atom. The minimum atomic E-state index is -0.132. The number of aromatic amines is 1. The number of nitrogens with zero attached hydrogens (tertiary/aromatic N) is 3. The molecule has 7 heteroatoms. The van der Waals surface area contributed by atoms with Gasteiger partial charge >= 0.3 is 0 Å². The highest BCUT2D eigenvalue weighted by Crippen LogP contribution is 2.34. The van der Waals surface area contributed by atoms with E-state index in [2.05, 4.69) is 26.1 Å². The molecule has 0 bridgehead atoms. The lowest BCUT2D eigenvalue weighted by Gasteiger charge is -2.26. The molecule has 7 nitrogen and oxygen atoms in total. The highest BCUT2D eigenvalue weighted by Gasteiger charge is 2.25. The number of rotatable bonds is 2. The fourth-order valence-electron chi connectivity index (χ4n) is 3.48. The molecule has 2 aromatic carbocycles. The molecule has 1 unspecified atom stereocenters. The Labute approximate surface area is 143 Å². The van der Waals surface area contributed by atoms with Crippen molar-refractivity contribution in [1.82, 2.24) is 25.1 Å². The van der Waals surface area contributed by atoms with Gasteiger partial charge in [-0.2, -0.15) is 5.10 Å². The summed E-state index contributed by atoms with van der Waals surface area (Å²) in [6, 6.07) is 13.8. The molecule has 2 aromatic heterocycles. The van der Waals surface area contributed by atoms with Crippen molar-refractivity contribution in [3.05, 3.63) is 42.5 Å². The Bertz CT molecular complexity index is 1060. The third kappa shape index (κ3) is 2.20. The molecule has 0 aliphatic carbocycles. The van der Waals surface area contributed by atoms with E-state index in [1.807, 2.05) is 36.4 Å². The van der Waals surface area contributed by atoms with Gasteiger partial charge in [0, 0.05) is 18.8 Å². The maximum absolute atomic E-state index is 6.22. The SMILES string of the molecule is Nc1cccc2[nH]nc(-c3nc4ccccc4n3C3CNCCO3)c12. The predicted molar refractivity (Wildman–Crippen MR) is 97.1 cm³/mol. The smallest absolute Gasteiger partial charge is 0.164 e. The van der Waals surface area contributed by atoms with Crippen LogP contribution in [0.5, 0.6) is 0 Å². The molecule has 4 N–H and O–H groups in total. The third-order valence-electron chi connectivity index (χ3n) is 4.63. The van der Waals surface area contributed by atoms with Crippen molar-refractivity contribution in [2.24, 2.45) is 0 Å². The van der Waals surface area contributed by atoms with E-state index in [9.17, 15) is 0 Å². The lowest BCUT2D eigenvalue weighted by molar-refractivity contribution is -0.0159. The van der Waals surface area contributed by atoms with Crippen LogP contribution in [0.15, 0.2) is 42.5 Å². The molecule has 0 saturated carbocycles. The van der Waals surface area contributed by atoms with Crippen LogP contribution in [0.3, 0.4) is 0 Å². The number of anilines is 1. The van der Waals surface area contributed by atoms with Crippen LogP contribution in [0.25, 0.3) is 33.5 Å². The number of para-hydroxylation sites is 2.